The van der Waals surface area contributed by atoms with Crippen LogP contribution in [0.1, 0.15) is 18.7 Å². The van der Waals surface area contributed by atoms with Crippen LogP contribution < -0.4 is 5.73 Å². The van der Waals surface area contributed by atoms with Gasteiger partial charge in [0.25, 0.3) is 0 Å². The van der Waals surface area contributed by atoms with Crippen molar-refractivity contribution in [3.63, 3.8) is 0 Å². The summed E-state index contributed by atoms with van der Waals surface area (Å²) in [6.07, 6.45) is 0. The van der Waals surface area contributed by atoms with E-state index in [0.717, 1.165) is 0 Å². The van der Waals surface area contributed by atoms with Gasteiger partial charge in [-0.1, -0.05) is 6.07 Å². The summed E-state index contributed by atoms with van der Waals surface area (Å²) in [7, 11) is 0. The SMILES string of the molecule is CCN(Cc1cccs1)C(=O)[C@H](C)N. The summed E-state index contributed by atoms with van der Waals surface area (Å²) in [5, 5.41) is 2.01. The predicted molar refractivity (Wildman–Crippen MR) is 59.1 cm³/mol. The lowest BCUT2D eigenvalue weighted by Gasteiger charge is -2.21. The van der Waals surface area contributed by atoms with Gasteiger partial charge in [0.2, 0.25) is 5.91 Å². The van der Waals surface area contributed by atoms with E-state index in [1.807, 2.05) is 24.4 Å². The molecule has 0 aliphatic heterocycles. The number of hydrogen-bond acceptors (Lipinski definition) is 3. The molecule has 0 radical (unpaired) electrons. The van der Waals surface area contributed by atoms with Gasteiger partial charge in [-0.05, 0) is 25.3 Å². The largest absolute Gasteiger partial charge is 0.336 e. The number of amides is 1. The van der Waals surface area contributed by atoms with Crippen LogP contribution in [0.3, 0.4) is 0 Å². The highest BCUT2D eigenvalue weighted by atomic mass is 32.1. The summed E-state index contributed by atoms with van der Waals surface area (Å²) < 4.78 is 0. The Bertz CT molecular complexity index is 282. The zero-order valence-corrected chi connectivity index (χ0v) is 9.38. The number of thiophene rings is 1. The van der Waals surface area contributed by atoms with Crippen molar-refractivity contribution in [3.05, 3.63) is 22.4 Å². The smallest absolute Gasteiger partial charge is 0.239 e. The zero-order valence-electron chi connectivity index (χ0n) is 8.56. The molecule has 0 saturated carbocycles. The van der Waals surface area contributed by atoms with Crippen LogP contribution in [0.25, 0.3) is 0 Å². The van der Waals surface area contributed by atoms with Crippen LogP contribution in [0.2, 0.25) is 0 Å². The fourth-order valence-electron chi connectivity index (χ4n) is 1.22. The molecule has 0 fully saturated rings. The number of rotatable bonds is 4. The average molecular weight is 212 g/mol. The highest BCUT2D eigenvalue weighted by Gasteiger charge is 2.15. The fourth-order valence-corrected chi connectivity index (χ4v) is 1.94. The Kier molecular flexibility index (Phi) is 4.10. The van der Waals surface area contributed by atoms with Crippen LogP contribution in [-0.4, -0.2) is 23.4 Å². The molecule has 3 nitrogen and oxygen atoms in total. The van der Waals surface area contributed by atoms with Crippen LogP contribution in [0.4, 0.5) is 0 Å². The Labute approximate surface area is 88.5 Å². The van der Waals surface area contributed by atoms with Crippen LogP contribution in [0, 0.1) is 0 Å². The van der Waals surface area contributed by atoms with Gasteiger partial charge in [-0.3, -0.25) is 4.79 Å². The number of carbonyl (C=O) groups is 1. The summed E-state index contributed by atoms with van der Waals surface area (Å²) in [6, 6.07) is 3.61. The van der Waals surface area contributed by atoms with E-state index >= 15 is 0 Å². The molecule has 78 valence electrons. The molecule has 1 rings (SSSR count). The number of nitrogens with zero attached hydrogens (tertiary/aromatic N) is 1. The van der Waals surface area contributed by atoms with Gasteiger partial charge < -0.3 is 10.6 Å². The molecular formula is C10H16N2OS. The molecule has 0 spiro atoms. The van der Waals surface area contributed by atoms with Crippen molar-refractivity contribution >= 4 is 17.2 Å². The van der Waals surface area contributed by atoms with E-state index < -0.39 is 6.04 Å². The van der Waals surface area contributed by atoms with Gasteiger partial charge in [-0.15, -0.1) is 11.3 Å². The molecule has 0 bridgehead atoms. The van der Waals surface area contributed by atoms with Crippen LogP contribution in [0.5, 0.6) is 0 Å². The second-order valence-corrected chi connectivity index (χ2v) is 4.25. The van der Waals surface area contributed by atoms with E-state index in [-0.39, 0.29) is 5.91 Å². The number of carbonyl (C=O) groups excluding carboxylic acids is 1. The van der Waals surface area contributed by atoms with Gasteiger partial charge >= 0.3 is 0 Å². The van der Waals surface area contributed by atoms with Crippen LogP contribution >= 0.6 is 11.3 Å². The summed E-state index contributed by atoms with van der Waals surface area (Å²) in [6.45, 7) is 5.07. The molecule has 0 aromatic carbocycles. The molecular weight excluding hydrogens is 196 g/mol. The minimum absolute atomic E-state index is 0.0147. The van der Waals surface area contributed by atoms with Gasteiger partial charge in [-0.2, -0.15) is 0 Å². The number of nitrogens with two attached hydrogens (primary N) is 1. The Hall–Kier alpha value is -0.870. The van der Waals surface area contributed by atoms with E-state index in [1.165, 1.54) is 4.88 Å². The highest BCUT2D eigenvalue weighted by Crippen LogP contribution is 2.12. The summed E-state index contributed by atoms with van der Waals surface area (Å²) in [4.78, 5) is 14.6. The topological polar surface area (TPSA) is 46.3 Å². The first kappa shape index (κ1) is 11.2. The lowest BCUT2D eigenvalue weighted by atomic mass is 10.3. The van der Waals surface area contributed by atoms with Gasteiger partial charge in [-0.25, -0.2) is 0 Å². The normalized spacial score (nSPS) is 12.5. The average Bonchev–Trinajstić information content (AvgIpc) is 2.65. The number of likely N-dealkylation sites (N-methyl/N-ethyl adjacent to an activating group) is 1. The van der Waals surface area contributed by atoms with Crippen molar-refractivity contribution in [1.82, 2.24) is 4.90 Å². The maximum atomic E-state index is 11.6. The van der Waals surface area contributed by atoms with Gasteiger partial charge in [0.15, 0.2) is 0 Å². The van der Waals surface area contributed by atoms with E-state index in [4.69, 9.17) is 5.73 Å². The molecule has 1 aromatic heterocycles. The second kappa shape index (κ2) is 5.12. The standard InChI is InChI=1S/C10H16N2OS/c1-3-12(10(13)8(2)11)7-9-5-4-6-14-9/h4-6,8H,3,7,11H2,1-2H3/t8-/m0/s1. The Morgan fingerprint density at radius 1 is 1.71 bits per heavy atom. The Morgan fingerprint density at radius 3 is 2.86 bits per heavy atom. The van der Waals surface area contributed by atoms with Crippen molar-refractivity contribution < 1.29 is 4.79 Å². The summed E-state index contributed by atoms with van der Waals surface area (Å²) >= 11 is 1.66. The van der Waals surface area contributed by atoms with E-state index in [0.29, 0.717) is 13.1 Å². The van der Waals surface area contributed by atoms with Crippen molar-refractivity contribution in [3.8, 4) is 0 Å². The van der Waals surface area contributed by atoms with E-state index in [9.17, 15) is 4.79 Å². The first-order valence-corrected chi connectivity index (χ1v) is 5.60. The van der Waals surface area contributed by atoms with Gasteiger partial charge in [0, 0.05) is 11.4 Å². The first-order chi connectivity index (χ1) is 6.65. The van der Waals surface area contributed by atoms with Gasteiger partial charge in [0.05, 0.1) is 12.6 Å². The fraction of sp³-hybridized carbons (Fsp3) is 0.500. The second-order valence-electron chi connectivity index (χ2n) is 3.22. The molecule has 1 heterocycles. The highest BCUT2D eigenvalue weighted by molar-refractivity contribution is 7.09. The van der Waals surface area contributed by atoms with E-state index in [2.05, 4.69) is 0 Å². The Balaban J connectivity index is 2.60. The van der Waals surface area contributed by atoms with Crippen LogP contribution in [-0.2, 0) is 11.3 Å². The molecule has 0 unspecified atom stereocenters. The predicted octanol–water partition coefficient (Wildman–Crippen LogP) is 1.44. The van der Waals surface area contributed by atoms with E-state index in [1.54, 1.807) is 23.2 Å². The molecule has 0 aliphatic carbocycles. The maximum absolute atomic E-state index is 11.6. The number of hydrogen-bond donors (Lipinski definition) is 1. The molecule has 0 saturated heterocycles. The molecule has 1 aromatic rings. The molecule has 1 amide bonds. The third kappa shape index (κ3) is 2.82. The van der Waals surface area contributed by atoms with Crippen molar-refractivity contribution in [2.24, 2.45) is 5.73 Å². The molecule has 0 aliphatic rings. The molecule has 4 heteroatoms. The third-order valence-corrected chi connectivity index (χ3v) is 2.87. The molecule has 1 atom stereocenters. The minimum atomic E-state index is -0.407. The third-order valence-electron chi connectivity index (χ3n) is 2.01. The molecule has 14 heavy (non-hydrogen) atoms. The first-order valence-electron chi connectivity index (χ1n) is 4.72. The quantitative estimate of drug-likeness (QED) is 0.821. The molecule has 2 N–H and O–H groups in total. The van der Waals surface area contributed by atoms with Crippen LogP contribution in [0.15, 0.2) is 17.5 Å². The minimum Gasteiger partial charge on any atom is -0.336 e. The van der Waals surface area contributed by atoms with Crippen molar-refractivity contribution in [2.75, 3.05) is 6.54 Å². The summed E-state index contributed by atoms with van der Waals surface area (Å²) in [5.41, 5.74) is 5.55. The van der Waals surface area contributed by atoms with Gasteiger partial charge in [0.1, 0.15) is 0 Å². The lowest BCUT2D eigenvalue weighted by Crippen LogP contribution is -2.41. The summed E-state index contributed by atoms with van der Waals surface area (Å²) in [5.74, 6) is 0.0147. The van der Waals surface area contributed by atoms with Crippen molar-refractivity contribution in [1.29, 1.82) is 0 Å². The lowest BCUT2D eigenvalue weighted by molar-refractivity contribution is -0.132. The Morgan fingerprint density at radius 2 is 2.43 bits per heavy atom. The zero-order chi connectivity index (χ0) is 10.6. The maximum Gasteiger partial charge on any atom is 0.239 e. The monoisotopic (exact) mass is 212 g/mol. The van der Waals surface area contributed by atoms with Crippen molar-refractivity contribution in [2.45, 2.75) is 26.4 Å².